The van der Waals surface area contributed by atoms with Gasteiger partial charge in [0, 0.05) is 10.9 Å². The molecule has 2 aromatic heterocycles. The van der Waals surface area contributed by atoms with E-state index in [4.69, 9.17) is 5.11 Å². The highest BCUT2D eigenvalue weighted by atomic mass is 16.4. The van der Waals surface area contributed by atoms with Crippen LogP contribution in [0.15, 0.2) is 24.4 Å². The van der Waals surface area contributed by atoms with Gasteiger partial charge in [-0.3, -0.25) is 9.59 Å². The van der Waals surface area contributed by atoms with Crippen LogP contribution in [0.3, 0.4) is 0 Å². The largest absolute Gasteiger partial charge is 0.480 e. The molecule has 1 aromatic carbocycles. The molecule has 24 heavy (non-hydrogen) atoms. The Labute approximate surface area is 137 Å². The summed E-state index contributed by atoms with van der Waals surface area (Å²) in [4.78, 5) is 26.0. The molecule has 0 atom stereocenters. The lowest BCUT2D eigenvalue weighted by atomic mass is 10.1. The molecule has 0 unspecified atom stereocenters. The van der Waals surface area contributed by atoms with Gasteiger partial charge < -0.3 is 15.4 Å². The van der Waals surface area contributed by atoms with E-state index in [2.05, 4.69) is 20.6 Å². The molecule has 0 spiro atoms. The van der Waals surface area contributed by atoms with Crippen LogP contribution in [0.1, 0.15) is 27.3 Å². The molecule has 0 aliphatic heterocycles. The van der Waals surface area contributed by atoms with Crippen molar-refractivity contribution in [2.45, 2.75) is 26.9 Å². The van der Waals surface area contributed by atoms with Gasteiger partial charge in [0.15, 0.2) is 0 Å². The Balaban J connectivity index is 1.70. The number of aryl methyl sites for hydroxylation is 2. The van der Waals surface area contributed by atoms with Crippen LogP contribution in [0.4, 0.5) is 0 Å². The van der Waals surface area contributed by atoms with Crippen molar-refractivity contribution in [1.29, 1.82) is 0 Å². The van der Waals surface area contributed by atoms with Gasteiger partial charge in [0.2, 0.25) is 0 Å². The number of hydrogen-bond donors (Lipinski definition) is 3. The second kappa shape index (κ2) is 6.15. The Morgan fingerprint density at radius 1 is 1.33 bits per heavy atom. The molecular weight excluding hydrogens is 310 g/mol. The van der Waals surface area contributed by atoms with E-state index in [9.17, 15) is 9.59 Å². The summed E-state index contributed by atoms with van der Waals surface area (Å²) < 4.78 is 1.21. The van der Waals surface area contributed by atoms with Crippen LogP contribution in [-0.2, 0) is 17.9 Å². The predicted molar refractivity (Wildman–Crippen MR) is 86.6 cm³/mol. The lowest BCUT2D eigenvalue weighted by Crippen LogP contribution is -2.23. The normalized spacial score (nSPS) is 10.9. The maximum atomic E-state index is 12.3. The van der Waals surface area contributed by atoms with E-state index in [1.165, 1.54) is 16.4 Å². The molecule has 0 radical (unpaired) electrons. The van der Waals surface area contributed by atoms with E-state index in [1.54, 1.807) is 0 Å². The molecule has 0 aliphatic carbocycles. The summed E-state index contributed by atoms with van der Waals surface area (Å²) in [6, 6.07) is 5.79. The highest BCUT2D eigenvalue weighted by Crippen LogP contribution is 2.22. The first-order valence-corrected chi connectivity index (χ1v) is 7.42. The molecule has 1 amide bonds. The first kappa shape index (κ1) is 15.7. The fourth-order valence-electron chi connectivity index (χ4n) is 2.48. The number of aromatic nitrogens is 4. The minimum atomic E-state index is -1.00. The summed E-state index contributed by atoms with van der Waals surface area (Å²) in [6.07, 6.45) is 1.49. The number of amides is 1. The fraction of sp³-hybridized carbons (Fsp3) is 0.250. The van der Waals surface area contributed by atoms with Gasteiger partial charge >= 0.3 is 5.97 Å². The number of carbonyl (C=O) groups is 2. The van der Waals surface area contributed by atoms with Crippen LogP contribution in [0.5, 0.6) is 0 Å². The van der Waals surface area contributed by atoms with Crippen molar-refractivity contribution >= 4 is 22.8 Å². The zero-order valence-electron chi connectivity index (χ0n) is 13.3. The topological polar surface area (TPSA) is 113 Å². The van der Waals surface area contributed by atoms with E-state index in [0.717, 1.165) is 16.5 Å². The molecule has 0 aliphatic rings. The molecule has 3 rings (SSSR count). The molecule has 8 nitrogen and oxygen atoms in total. The number of carboxylic acids is 1. The van der Waals surface area contributed by atoms with E-state index >= 15 is 0 Å². The summed E-state index contributed by atoms with van der Waals surface area (Å²) in [5.74, 6) is -1.25. The average molecular weight is 327 g/mol. The first-order valence-electron chi connectivity index (χ1n) is 7.42. The van der Waals surface area contributed by atoms with E-state index in [-0.39, 0.29) is 19.0 Å². The van der Waals surface area contributed by atoms with Gasteiger partial charge in [-0.2, -0.15) is 0 Å². The Kier molecular flexibility index (Phi) is 4.03. The number of carboxylic acid groups (broad SMARTS) is 1. The number of aliphatic carboxylic acids is 1. The number of hydrogen-bond acceptors (Lipinski definition) is 4. The minimum absolute atomic E-state index is 0.172. The number of nitrogens with zero attached hydrogens (tertiary/aromatic N) is 3. The quantitative estimate of drug-likeness (QED) is 0.655. The van der Waals surface area contributed by atoms with Crippen LogP contribution in [0.2, 0.25) is 0 Å². The zero-order chi connectivity index (χ0) is 17.3. The summed E-state index contributed by atoms with van der Waals surface area (Å²) in [6.45, 7) is 3.96. The Morgan fingerprint density at radius 2 is 2.12 bits per heavy atom. The molecule has 0 fully saturated rings. The molecule has 0 saturated heterocycles. The van der Waals surface area contributed by atoms with Crippen molar-refractivity contribution in [3.8, 4) is 0 Å². The number of nitrogens with one attached hydrogen (secondary N) is 2. The van der Waals surface area contributed by atoms with Crippen LogP contribution in [0, 0.1) is 13.8 Å². The van der Waals surface area contributed by atoms with Gasteiger partial charge in [-0.1, -0.05) is 11.3 Å². The third kappa shape index (κ3) is 3.12. The number of rotatable bonds is 5. The maximum Gasteiger partial charge on any atom is 0.325 e. The number of fused-ring (bicyclic) bond motifs is 1. The van der Waals surface area contributed by atoms with Crippen molar-refractivity contribution in [3.63, 3.8) is 0 Å². The van der Waals surface area contributed by atoms with Crippen LogP contribution < -0.4 is 5.32 Å². The van der Waals surface area contributed by atoms with E-state index in [0.29, 0.717) is 11.4 Å². The van der Waals surface area contributed by atoms with Crippen LogP contribution in [0.25, 0.3) is 10.9 Å². The molecule has 3 N–H and O–H groups in total. The zero-order valence-corrected chi connectivity index (χ0v) is 13.3. The Hall–Kier alpha value is -3.16. The number of H-pyrrole nitrogens is 1. The van der Waals surface area contributed by atoms with Crippen molar-refractivity contribution in [1.82, 2.24) is 25.3 Å². The summed E-state index contributed by atoms with van der Waals surface area (Å²) >= 11 is 0. The Bertz CT molecular complexity index is 925. The SMILES string of the molecule is Cc1ccc2[nH]c(C(=O)NCc3cn(CC(=O)O)nn3)cc2c1C. The lowest BCUT2D eigenvalue weighted by molar-refractivity contribution is -0.137. The van der Waals surface area contributed by atoms with Crippen molar-refractivity contribution < 1.29 is 14.7 Å². The van der Waals surface area contributed by atoms with Gasteiger partial charge in [-0.15, -0.1) is 5.10 Å². The Morgan fingerprint density at radius 3 is 2.88 bits per heavy atom. The number of carbonyl (C=O) groups excluding carboxylic acids is 1. The van der Waals surface area contributed by atoms with Crippen LogP contribution in [-0.4, -0.2) is 37.0 Å². The summed E-state index contributed by atoms with van der Waals surface area (Å²) in [7, 11) is 0. The predicted octanol–water partition coefficient (Wildman–Crippen LogP) is 1.39. The van der Waals surface area contributed by atoms with Crippen molar-refractivity contribution in [3.05, 3.63) is 46.9 Å². The highest BCUT2D eigenvalue weighted by molar-refractivity contribution is 5.99. The summed E-state index contributed by atoms with van der Waals surface area (Å²) in [5.41, 5.74) is 4.18. The van der Waals surface area contributed by atoms with E-state index < -0.39 is 5.97 Å². The average Bonchev–Trinajstić information content (AvgIpc) is 3.15. The maximum absolute atomic E-state index is 12.3. The smallest absolute Gasteiger partial charge is 0.325 e. The second-order valence-corrected chi connectivity index (χ2v) is 5.64. The van der Waals surface area contributed by atoms with Crippen molar-refractivity contribution in [2.75, 3.05) is 0 Å². The highest BCUT2D eigenvalue weighted by Gasteiger charge is 2.12. The molecule has 3 aromatic rings. The standard InChI is InChI=1S/C16H17N5O3/c1-9-3-4-13-12(10(9)2)5-14(18-13)16(24)17-6-11-7-21(20-19-11)8-15(22)23/h3-5,7,18H,6,8H2,1-2H3,(H,17,24)(H,22,23). The van der Waals surface area contributed by atoms with Gasteiger partial charge in [0.25, 0.3) is 5.91 Å². The van der Waals surface area contributed by atoms with Gasteiger partial charge in [-0.25, -0.2) is 4.68 Å². The third-order valence-electron chi connectivity index (χ3n) is 3.90. The molecule has 2 heterocycles. The van der Waals surface area contributed by atoms with Crippen LogP contribution >= 0.6 is 0 Å². The molecule has 8 heteroatoms. The van der Waals surface area contributed by atoms with E-state index in [1.807, 2.05) is 32.0 Å². The fourth-order valence-corrected chi connectivity index (χ4v) is 2.48. The summed E-state index contributed by atoms with van der Waals surface area (Å²) in [5, 5.41) is 20.0. The van der Waals surface area contributed by atoms with Crippen molar-refractivity contribution in [2.24, 2.45) is 0 Å². The van der Waals surface area contributed by atoms with Gasteiger partial charge in [0.05, 0.1) is 12.7 Å². The van der Waals surface area contributed by atoms with Gasteiger partial charge in [0.1, 0.15) is 17.9 Å². The first-order chi connectivity index (χ1) is 11.4. The second-order valence-electron chi connectivity index (χ2n) is 5.64. The van der Waals surface area contributed by atoms with Gasteiger partial charge in [-0.05, 0) is 37.1 Å². The molecule has 0 saturated carbocycles. The molecule has 0 bridgehead atoms. The lowest BCUT2D eigenvalue weighted by Gasteiger charge is -2.00. The molecule has 124 valence electrons. The minimum Gasteiger partial charge on any atom is -0.480 e. The monoisotopic (exact) mass is 327 g/mol. The third-order valence-corrected chi connectivity index (χ3v) is 3.90. The molecular formula is C16H17N5O3. The number of benzene rings is 1. The number of aromatic amines is 1.